The van der Waals surface area contributed by atoms with E-state index in [1.807, 2.05) is 0 Å². The molecule has 1 aliphatic rings. The van der Waals surface area contributed by atoms with Crippen LogP contribution in [-0.4, -0.2) is 38.7 Å². The van der Waals surface area contributed by atoms with Crippen LogP contribution in [0.15, 0.2) is 18.2 Å². The Hall–Kier alpha value is -1.75. The van der Waals surface area contributed by atoms with Crippen molar-refractivity contribution in [3.8, 4) is 0 Å². The molecule has 1 heterocycles. The topological polar surface area (TPSA) is 55.6 Å². The Morgan fingerprint density at radius 2 is 2.06 bits per heavy atom. The van der Waals surface area contributed by atoms with Crippen LogP contribution in [0.5, 0.6) is 0 Å². The maximum absolute atomic E-state index is 11.4. The van der Waals surface area contributed by atoms with Gasteiger partial charge in [-0.3, -0.25) is 0 Å². The zero-order valence-electron chi connectivity index (χ0n) is 9.97. The lowest BCUT2D eigenvalue weighted by atomic mass is 10.2. The van der Waals surface area contributed by atoms with Crippen LogP contribution in [-0.2, 0) is 14.3 Å². The number of methoxy groups -OCH3 is 2. The fourth-order valence-corrected chi connectivity index (χ4v) is 1.95. The molecule has 0 amide bonds. The minimum absolute atomic E-state index is 0.311. The van der Waals surface area contributed by atoms with Gasteiger partial charge in [0.2, 0.25) is 0 Å². The molecule has 5 nitrogen and oxygen atoms in total. The van der Waals surface area contributed by atoms with Gasteiger partial charge in [-0.05, 0) is 18.2 Å². The van der Waals surface area contributed by atoms with Gasteiger partial charge in [0.15, 0.2) is 0 Å². The number of hydrogen-bond donors (Lipinski definition) is 0. The highest BCUT2D eigenvalue weighted by Gasteiger charge is 2.42. The van der Waals surface area contributed by atoms with E-state index in [1.165, 1.54) is 14.2 Å². The second-order valence-electron chi connectivity index (χ2n) is 3.85. The SMILES string of the molecule is COC(=O)c1ccc(Cl)c(N2CC2C(=O)OC)c1. The van der Waals surface area contributed by atoms with Gasteiger partial charge in [0.25, 0.3) is 0 Å². The summed E-state index contributed by atoms with van der Waals surface area (Å²) in [6.07, 6.45) is 0. The molecule has 1 unspecified atom stereocenters. The Labute approximate surface area is 109 Å². The number of benzene rings is 1. The molecule has 0 saturated carbocycles. The zero-order chi connectivity index (χ0) is 13.3. The van der Waals surface area contributed by atoms with E-state index in [0.29, 0.717) is 22.8 Å². The van der Waals surface area contributed by atoms with Crippen molar-refractivity contribution in [1.29, 1.82) is 0 Å². The van der Waals surface area contributed by atoms with Crippen LogP contribution < -0.4 is 4.90 Å². The predicted octanol–water partition coefficient (Wildman–Crippen LogP) is 1.49. The first-order chi connectivity index (χ1) is 8.58. The van der Waals surface area contributed by atoms with E-state index in [9.17, 15) is 9.59 Å². The monoisotopic (exact) mass is 269 g/mol. The summed E-state index contributed by atoms with van der Waals surface area (Å²) in [6.45, 7) is 0.539. The molecular formula is C12H12ClNO4. The van der Waals surface area contributed by atoms with Crippen molar-refractivity contribution in [3.63, 3.8) is 0 Å². The largest absolute Gasteiger partial charge is 0.467 e. The van der Waals surface area contributed by atoms with Gasteiger partial charge in [-0.15, -0.1) is 0 Å². The quantitative estimate of drug-likeness (QED) is 0.615. The Bertz CT molecular complexity index is 503. The van der Waals surface area contributed by atoms with Crippen molar-refractivity contribution >= 4 is 29.2 Å². The number of nitrogens with zero attached hydrogens (tertiary/aromatic N) is 1. The summed E-state index contributed by atoms with van der Waals surface area (Å²) in [5.74, 6) is -0.751. The summed E-state index contributed by atoms with van der Waals surface area (Å²) in [6, 6.07) is 4.47. The summed E-state index contributed by atoms with van der Waals surface area (Å²) in [5, 5.41) is 0.481. The van der Waals surface area contributed by atoms with Gasteiger partial charge in [0, 0.05) is 0 Å². The minimum Gasteiger partial charge on any atom is -0.467 e. The number of ether oxygens (including phenoxy) is 2. The number of anilines is 1. The molecule has 2 rings (SSSR count). The van der Waals surface area contributed by atoms with Crippen molar-refractivity contribution in [3.05, 3.63) is 28.8 Å². The average molecular weight is 270 g/mol. The standard InChI is InChI=1S/C12H12ClNO4/c1-17-11(15)7-3-4-8(13)9(5-7)14-6-10(14)12(16)18-2/h3-5,10H,6H2,1-2H3. The molecule has 6 heteroatoms. The summed E-state index contributed by atoms with van der Waals surface area (Å²) in [4.78, 5) is 24.5. The fraction of sp³-hybridized carbons (Fsp3) is 0.333. The number of hydrogen-bond acceptors (Lipinski definition) is 5. The zero-order valence-corrected chi connectivity index (χ0v) is 10.7. The first-order valence-electron chi connectivity index (χ1n) is 5.30. The third kappa shape index (κ3) is 2.26. The first kappa shape index (κ1) is 12.7. The molecule has 18 heavy (non-hydrogen) atoms. The van der Waals surface area contributed by atoms with E-state index < -0.39 is 5.97 Å². The molecule has 96 valence electrons. The van der Waals surface area contributed by atoms with E-state index in [1.54, 1.807) is 23.1 Å². The predicted molar refractivity (Wildman–Crippen MR) is 65.9 cm³/mol. The molecule has 0 aromatic heterocycles. The van der Waals surface area contributed by atoms with Gasteiger partial charge >= 0.3 is 11.9 Å². The Morgan fingerprint density at radius 1 is 1.33 bits per heavy atom. The lowest BCUT2D eigenvalue weighted by Gasteiger charge is -2.09. The number of rotatable bonds is 3. The van der Waals surface area contributed by atoms with Gasteiger partial charge in [0.05, 0.1) is 37.0 Å². The Kier molecular flexibility index (Phi) is 3.43. The molecule has 1 aliphatic heterocycles. The van der Waals surface area contributed by atoms with Crippen LogP contribution in [0.2, 0.25) is 5.02 Å². The molecule has 0 spiro atoms. The highest BCUT2D eigenvalue weighted by Crippen LogP contribution is 2.35. The van der Waals surface area contributed by atoms with E-state index in [-0.39, 0.29) is 12.0 Å². The average Bonchev–Trinajstić information content (AvgIpc) is 3.17. The van der Waals surface area contributed by atoms with Crippen LogP contribution in [0.4, 0.5) is 5.69 Å². The highest BCUT2D eigenvalue weighted by molar-refractivity contribution is 6.33. The Balaban J connectivity index is 2.24. The van der Waals surface area contributed by atoms with Gasteiger partial charge < -0.3 is 14.4 Å². The lowest BCUT2D eigenvalue weighted by Crippen LogP contribution is -2.14. The van der Waals surface area contributed by atoms with E-state index in [2.05, 4.69) is 9.47 Å². The summed E-state index contributed by atoms with van der Waals surface area (Å²) in [7, 11) is 2.65. The van der Waals surface area contributed by atoms with Crippen LogP contribution in [0, 0.1) is 0 Å². The maximum Gasteiger partial charge on any atom is 0.337 e. The second-order valence-corrected chi connectivity index (χ2v) is 4.26. The summed E-state index contributed by atoms with van der Waals surface area (Å²) in [5.41, 5.74) is 1.03. The van der Waals surface area contributed by atoms with Gasteiger partial charge in [-0.2, -0.15) is 0 Å². The van der Waals surface area contributed by atoms with E-state index in [4.69, 9.17) is 11.6 Å². The number of carbonyl (C=O) groups excluding carboxylic acids is 2. The molecule has 1 aromatic carbocycles. The summed E-state index contributed by atoms with van der Waals surface area (Å²) >= 11 is 6.05. The minimum atomic E-state index is -0.440. The van der Waals surface area contributed by atoms with E-state index >= 15 is 0 Å². The molecule has 1 fully saturated rings. The van der Waals surface area contributed by atoms with Crippen LogP contribution in [0.3, 0.4) is 0 Å². The van der Waals surface area contributed by atoms with Gasteiger partial charge in [-0.25, -0.2) is 9.59 Å². The maximum atomic E-state index is 11.4. The molecule has 1 aromatic rings. The number of carbonyl (C=O) groups is 2. The normalized spacial score (nSPS) is 17.3. The molecule has 0 bridgehead atoms. The summed E-state index contributed by atoms with van der Waals surface area (Å²) < 4.78 is 9.28. The molecule has 0 aliphatic carbocycles. The van der Waals surface area contributed by atoms with Crippen LogP contribution in [0.25, 0.3) is 0 Å². The molecule has 1 saturated heterocycles. The van der Waals surface area contributed by atoms with Crippen LogP contribution >= 0.6 is 11.6 Å². The number of esters is 2. The Morgan fingerprint density at radius 3 is 2.67 bits per heavy atom. The van der Waals surface area contributed by atoms with Crippen molar-refractivity contribution in [2.75, 3.05) is 25.7 Å². The van der Waals surface area contributed by atoms with Gasteiger partial charge in [0.1, 0.15) is 6.04 Å². The molecule has 0 radical (unpaired) electrons. The molecule has 0 N–H and O–H groups in total. The molecular weight excluding hydrogens is 258 g/mol. The van der Waals surface area contributed by atoms with Crippen molar-refractivity contribution in [1.82, 2.24) is 0 Å². The first-order valence-corrected chi connectivity index (χ1v) is 5.68. The molecule has 1 atom stereocenters. The smallest absolute Gasteiger partial charge is 0.337 e. The third-order valence-electron chi connectivity index (χ3n) is 2.76. The number of halogens is 1. The van der Waals surface area contributed by atoms with Crippen molar-refractivity contribution in [2.24, 2.45) is 0 Å². The van der Waals surface area contributed by atoms with Gasteiger partial charge in [-0.1, -0.05) is 11.6 Å². The third-order valence-corrected chi connectivity index (χ3v) is 3.08. The fourth-order valence-electron chi connectivity index (χ4n) is 1.72. The van der Waals surface area contributed by atoms with Crippen molar-refractivity contribution < 1.29 is 19.1 Å². The van der Waals surface area contributed by atoms with Crippen LogP contribution in [0.1, 0.15) is 10.4 Å². The second kappa shape index (κ2) is 4.86. The lowest BCUT2D eigenvalue weighted by molar-refractivity contribution is -0.139. The van der Waals surface area contributed by atoms with E-state index in [0.717, 1.165) is 0 Å². The highest BCUT2D eigenvalue weighted by atomic mass is 35.5. The van der Waals surface area contributed by atoms with Crippen molar-refractivity contribution in [2.45, 2.75) is 6.04 Å².